The first-order valence-corrected chi connectivity index (χ1v) is 11.1. The fourth-order valence-corrected chi connectivity index (χ4v) is 2.89. The molecule has 4 heteroatoms. The molecule has 1 aromatic rings. The van der Waals surface area contributed by atoms with Crippen LogP contribution in [0.2, 0.25) is 25.7 Å². The maximum absolute atomic E-state index is 11.6. The minimum absolute atomic E-state index is 0.0105. The lowest BCUT2D eigenvalue weighted by Crippen LogP contribution is -2.29. The smallest absolute Gasteiger partial charge is 0.159 e. The first-order chi connectivity index (χ1) is 9.96. The molecule has 21 heavy (non-hydrogen) atoms. The van der Waals surface area contributed by atoms with E-state index in [1.165, 1.54) is 0 Å². The van der Waals surface area contributed by atoms with Crippen LogP contribution in [0.1, 0.15) is 24.6 Å². The number of allylic oxidation sites excluding steroid dienone is 1. The molecule has 1 aromatic heterocycles. The molecule has 0 bridgehead atoms. The Labute approximate surface area is 128 Å². The molecule has 0 saturated carbocycles. The van der Waals surface area contributed by atoms with Crippen molar-refractivity contribution in [3.63, 3.8) is 0 Å². The molecule has 1 aliphatic rings. The number of rotatable bonds is 4. The molecule has 0 N–H and O–H groups in total. The highest BCUT2D eigenvalue weighted by molar-refractivity contribution is 6.76. The van der Waals surface area contributed by atoms with Crippen LogP contribution in [0, 0.1) is 11.8 Å². The Morgan fingerprint density at radius 2 is 2.19 bits per heavy atom. The van der Waals surface area contributed by atoms with Crippen LogP contribution in [-0.2, 0) is 4.79 Å². The van der Waals surface area contributed by atoms with Crippen LogP contribution in [0.5, 0.6) is 0 Å². The Morgan fingerprint density at radius 3 is 2.86 bits per heavy atom. The van der Waals surface area contributed by atoms with E-state index in [9.17, 15) is 4.79 Å². The van der Waals surface area contributed by atoms with Crippen molar-refractivity contribution in [1.82, 2.24) is 4.90 Å². The van der Waals surface area contributed by atoms with Crippen LogP contribution in [-0.4, -0.2) is 25.3 Å². The number of ketones is 1. The first kappa shape index (κ1) is 15.7. The maximum Gasteiger partial charge on any atom is 0.159 e. The highest BCUT2D eigenvalue weighted by Crippen LogP contribution is 2.28. The van der Waals surface area contributed by atoms with E-state index in [1.54, 1.807) is 12.3 Å². The first-order valence-electron chi connectivity index (χ1n) is 7.42. The maximum atomic E-state index is 11.6. The highest BCUT2D eigenvalue weighted by Gasteiger charge is 2.25. The highest BCUT2D eigenvalue weighted by atomic mass is 28.3. The van der Waals surface area contributed by atoms with Gasteiger partial charge in [-0.25, -0.2) is 0 Å². The van der Waals surface area contributed by atoms with Gasteiger partial charge in [0.2, 0.25) is 0 Å². The van der Waals surface area contributed by atoms with Gasteiger partial charge >= 0.3 is 0 Å². The Kier molecular flexibility index (Phi) is 5.08. The second-order valence-corrected chi connectivity index (χ2v) is 12.1. The van der Waals surface area contributed by atoms with Crippen molar-refractivity contribution in [1.29, 1.82) is 0 Å². The van der Waals surface area contributed by atoms with E-state index in [0.717, 1.165) is 24.8 Å². The van der Waals surface area contributed by atoms with Crippen molar-refractivity contribution in [3.05, 3.63) is 36.4 Å². The Balaban J connectivity index is 1.94. The third-order valence-corrected chi connectivity index (χ3v) is 4.59. The summed E-state index contributed by atoms with van der Waals surface area (Å²) < 4.78 is 5.47. The molecule has 112 valence electrons. The summed E-state index contributed by atoms with van der Waals surface area (Å²) in [6, 6.07) is 4.85. The zero-order chi connectivity index (χ0) is 15.3. The third kappa shape index (κ3) is 4.94. The average Bonchev–Trinajstić information content (AvgIpc) is 2.92. The van der Waals surface area contributed by atoms with E-state index in [-0.39, 0.29) is 11.8 Å². The summed E-state index contributed by atoms with van der Waals surface area (Å²) in [6.45, 7) is 7.81. The summed E-state index contributed by atoms with van der Waals surface area (Å²) in [5, 5.41) is 0. The summed E-state index contributed by atoms with van der Waals surface area (Å²) in [6.07, 6.45) is 6.48. The topological polar surface area (TPSA) is 33.5 Å². The van der Waals surface area contributed by atoms with Gasteiger partial charge in [0.25, 0.3) is 0 Å². The SMILES string of the molecule is C[Si](C)(C)CC#CCCN1C=CC(=O)CC1c1ccco1. The molecule has 1 aliphatic heterocycles. The Morgan fingerprint density at radius 1 is 1.38 bits per heavy atom. The molecule has 0 radical (unpaired) electrons. The van der Waals surface area contributed by atoms with Gasteiger partial charge in [-0.2, -0.15) is 0 Å². The predicted molar refractivity (Wildman–Crippen MR) is 87.5 cm³/mol. The van der Waals surface area contributed by atoms with Gasteiger partial charge in [0.05, 0.1) is 20.4 Å². The molecule has 0 spiro atoms. The van der Waals surface area contributed by atoms with Crippen LogP contribution in [0.4, 0.5) is 0 Å². The van der Waals surface area contributed by atoms with Gasteiger partial charge in [-0.05, 0) is 18.2 Å². The second kappa shape index (κ2) is 6.82. The van der Waals surface area contributed by atoms with E-state index < -0.39 is 8.07 Å². The number of carbonyl (C=O) groups is 1. The predicted octanol–water partition coefficient (Wildman–Crippen LogP) is 3.84. The number of carbonyl (C=O) groups excluding carboxylic acids is 1. The summed E-state index contributed by atoms with van der Waals surface area (Å²) in [5.41, 5.74) is 0. The summed E-state index contributed by atoms with van der Waals surface area (Å²) in [5.74, 6) is 7.55. The monoisotopic (exact) mass is 301 g/mol. The molecule has 3 nitrogen and oxygen atoms in total. The zero-order valence-corrected chi connectivity index (χ0v) is 14.1. The van der Waals surface area contributed by atoms with Gasteiger partial charge in [0, 0.05) is 31.6 Å². The van der Waals surface area contributed by atoms with E-state index >= 15 is 0 Å². The minimum Gasteiger partial charge on any atom is -0.467 e. The lowest BCUT2D eigenvalue weighted by Gasteiger charge is -2.30. The van der Waals surface area contributed by atoms with Crippen molar-refractivity contribution in [2.75, 3.05) is 6.54 Å². The van der Waals surface area contributed by atoms with E-state index in [4.69, 9.17) is 4.42 Å². The summed E-state index contributed by atoms with van der Waals surface area (Å²) in [4.78, 5) is 13.8. The van der Waals surface area contributed by atoms with Crippen molar-refractivity contribution < 1.29 is 9.21 Å². The van der Waals surface area contributed by atoms with Gasteiger partial charge in [-0.3, -0.25) is 4.79 Å². The molecular formula is C17H23NO2Si. The van der Waals surface area contributed by atoms with E-state index in [0.29, 0.717) is 6.42 Å². The fraction of sp³-hybridized carbons (Fsp3) is 0.471. The van der Waals surface area contributed by atoms with Crippen molar-refractivity contribution in [3.8, 4) is 11.8 Å². The number of hydrogen-bond donors (Lipinski definition) is 0. The molecule has 2 rings (SSSR count). The van der Waals surface area contributed by atoms with Crippen LogP contribution >= 0.6 is 0 Å². The average molecular weight is 301 g/mol. The standard InChI is InChI=1S/C17H23NO2Si/c1-21(2,3)13-6-4-5-10-18-11-9-15(19)14-16(18)17-8-7-12-20-17/h7-9,11-12,16H,5,10,13-14H2,1-3H3. The van der Waals surface area contributed by atoms with Crippen molar-refractivity contribution in [2.45, 2.75) is 44.6 Å². The van der Waals surface area contributed by atoms with Gasteiger partial charge < -0.3 is 9.32 Å². The Hall–Kier alpha value is -1.73. The molecule has 0 aliphatic carbocycles. The van der Waals surface area contributed by atoms with Gasteiger partial charge in [0.15, 0.2) is 5.78 Å². The number of nitrogens with zero attached hydrogens (tertiary/aromatic N) is 1. The van der Waals surface area contributed by atoms with E-state index in [2.05, 4.69) is 36.4 Å². The van der Waals surface area contributed by atoms with E-state index in [1.807, 2.05) is 18.3 Å². The second-order valence-electron chi connectivity index (χ2n) is 6.60. The molecule has 0 aromatic carbocycles. The van der Waals surface area contributed by atoms with Crippen LogP contribution in [0.25, 0.3) is 0 Å². The molecule has 0 saturated heterocycles. The molecule has 1 atom stereocenters. The van der Waals surface area contributed by atoms with Gasteiger partial charge in [-0.15, -0.1) is 11.8 Å². The molecule has 0 amide bonds. The molecule has 1 unspecified atom stereocenters. The van der Waals surface area contributed by atoms with Gasteiger partial charge in [0.1, 0.15) is 5.76 Å². The third-order valence-electron chi connectivity index (χ3n) is 3.36. The molecular weight excluding hydrogens is 278 g/mol. The largest absolute Gasteiger partial charge is 0.467 e. The summed E-state index contributed by atoms with van der Waals surface area (Å²) in [7, 11) is -1.07. The lowest BCUT2D eigenvalue weighted by molar-refractivity contribution is -0.116. The lowest BCUT2D eigenvalue weighted by atomic mass is 10.0. The normalized spacial score (nSPS) is 18.5. The molecule has 2 heterocycles. The van der Waals surface area contributed by atoms with Crippen LogP contribution in [0.15, 0.2) is 35.1 Å². The van der Waals surface area contributed by atoms with Crippen LogP contribution < -0.4 is 0 Å². The minimum atomic E-state index is -1.07. The Bertz CT molecular complexity index is 558. The zero-order valence-electron chi connectivity index (χ0n) is 13.1. The van der Waals surface area contributed by atoms with Crippen molar-refractivity contribution in [2.24, 2.45) is 0 Å². The van der Waals surface area contributed by atoms with Crippen LogP contribution in [0.3, 0.4) is 0 Å². The summed E-state index contributed by atoms with van der Waals surface area (Å²) >= 11 is 0. The fourth-order valence-electron chi connectivity index (χ4n) is 2.23. The number of furan rings is 1. The number of hydrogen-bond acceptors (Lipinski definition) is 3. The quantitative estimate of drug-likeness (QED) is 0.626. The van der Waals surface area contributed by atoms with Crippen molar-refractivity contribution >= 4 is 13.9 Å². The van der Waals surface area contributed by atoms with Gasteiger partial charge in [-0.1, -0.05) is 19.6 Å². The molecule has 0 fully saturated rings.